The monoisotopic (exact) mass is 347 g/mol. The topological polar surface area (TPSA) is 59.2 Å². The highest BCUT2D eigenvalue weighted by molar-refractivity contribution is 5.98. The Morgan fingerprint density at radius 1 is 1.19 bits per heavy atom. The van der Waals surface area contributed by atoms with Crippen LogP contribution in [-0.4, -0.2) is 33.9 Å². The van der Waals surface area contributed by atoms with Crippen LogP contribution in [0, 0.1) is 5.92 Å². The number of Topliss-reactive ketones (excluding diaryl/α,β-unsaturated/α-hetero) is 1. The minimum atomic E-state index is 0.0480. The highest BCUT2D eigenvalue weighted by atomic mass is 16.5. The molecule has 0 bridgehead atoms. The van der Waals surface area contributed by atoms with Gasteiger partial charge < -0.3 is 4.52 Å². The van der Waals surface area contributed by atoms with Crippen LogP contribution in [0.25, 0.3) is 11.3 Å². The van der Waals surface area contributed by atoms with Crippen molar-refractivity contribution in [2.45, 2.75) is 19.4 Å². The molecule has 3 heterocycles. The van der Waals surface area contributed by atoms with Gasteiger partial charge >= 0.3 is 0 Å². The quantitative estimate of drug-likeness (QED) is 0.657. The minimum absolute atomic E-state index is 0.0480. The smallest absolute Gasteiger partial charge is 0.167 e. The molecule has 1 fully saturated rings. The van der Waals surface area contributed by atoms with E-state index in [0.717, 1.165) is 48.5 Å². The van der Waals surface area contributed by atoms with Gasteiger partial charge in [-0.3, -0.25) is 14.7 Å². The van der Waals surface area contributed by atoms with Gasteiger partial charge in [0.1, 0.15) is 5.69 Å². The summed E-state index contributed by atoms with van der Waals surface area (Å²) in [6.45, 7) is 2.41. The van der Waals surface area contributed by atoms with Gasteiger partial charge in [0.25, 0.3) is 0 Å². The lowest BCUT2D eigenvalue weighted by Gasteiger charge is -2.31. The normalized spacial score (nSPS) is 17.9. The number of ketones is 1. The Morgan fingerprint density at radius 3 is 2.88 bits per heavy atom. The number of hydrogen-bond acceptors (Lipinski definition) is 5. The molecule has 1 aliphatic heterocycles. The van der Waals surface area contributed by atoms with Crippen LogP contribution in [0.5, 0.6) is 0 Å². The van der Waals surface area contributed by atoms with Gasteiger partial charge in [0.05, 0.1) is 6.54 Å². The van der Waals surface area contributed by atoms with Crippen molar-refractivity contribution in [1.82, 2.24) is 15.0 Å². The van der Waals surface area contributed by atoms with Gasteiger partial charge in [0, 0.05) is 42.0 Å². The zero-order valence-corrected chi connectivity index (χ0v) is 14.5. The number of benzene rings is 1. The molecule has 1 aliphatic rings. The van der Waals surface area contributed by atoms with Crippen molar-refractivity contribution in [2.75, 3.05) is 13.1 Å². The Morgan fingerprint density at radius 2 is 2.08 bits per heavy atom. The summed E-state index contributed by atoms with van der Waals surface area (Å²) in [5, 5.41) is 4.15. The van der Waals surface area contributed by atoms with E-state index >= 15 is 0 Å². The van der Waals surface area contributed by atoms with Gasteiger partial charge in [0.2, 0.25) is 0 Å². The van der Waals surface area contributed by atoms with Crippen LogP contribution in [0.3, 0.4) is 0 Å². The minimum Gasteiger partial charge on any atom is -0.359 e. The third-order valence-corrected chi connectivity index (χ3v) is 4.83. The van der Waals surface area contributed by atoms with Crippen molar-refractivity contribution in [2.24, 2.45) is 5.92 Å². The molecule has 5 heteroatoms. The van der Waals surface area contributed by atoms with Gasteiger partial charge in [-0.2, -0.15) is 0 Å². The predicted molar refractivity (Wildman–Crippen MR) is 98.5 cm³/mol. The number of rotatable bonds is 5. The van der Waals surface area contributed by atoms with Crippen LogP contribution in [0.1, 0.15) is 29.0 Å². The largest absolute Gasteiger partial charge is 0.359 e. The van der Waals surface area contributed by atoms with Gasteiger partial charge in [-0.25, -0.2) is 0 Å². The fraction of sp³-hybridized carbons (Fsp3) is 0.286. The Hall–Kier alpha value is -2.79. The zero-order valence-electron chi connectivity index (χ0n) is 14.5. The molecule has 0 amide bonds. The average Bonchev–Trinajstić information content (AvgIpc) is 3.17. The van der Waals surface area contributed by atoms with Gasteiger partial charge in [-0.05, 0) is 31.5 Å². The number of carbonyl (C=O) groups excluding carboxylic acids is 1. The number of piperidine rings is 1. The van der Waals surface area contributed by atoms with Crippen molar-refractivity contribution in [1.29, 1.82) is 0 Å². The van der Waals surface area contributed by atoms with Gasteiger partial charge in [0.15, 0.2) is 11.5 Å². The van der Waals surface area contributed by atoms with E-state index in [1.165, 1.54) is 0 Å². The molecule has 1 aromatic carbocycles. The van der Waals surface area contributed by atoms with E-state index in [-0.39, 0.29) is 11.7 Å². The maximum atomic E-state index is 12.7. The van der Waals surface area contributed by atoms with E-state index in [0.29, 0.717) is 6.54 Å². The van der Waals surface area contributed by atoms with Crippen molar-refractivity contribution >= 4 is 5.78 Å². The van der Waals surface area contributed by atoms with E-state index < -0.39 is 0 Å². The number of carbonyl (C=O) groups is 1. The molecule has 4 rings (SSSR count). The Labute approximate surface area is 152 Å². The van der Waals surface area contributed by atoms with Crippen molar-refractivity contribution in [3.05, 3.63) is 72.2 Å². The van der Waals surface area contributed by atoms with E-state index in [4.69, 9.17) is 4.52 Å². The molecule has 1 saturated heterocycles. The molecule has 0 N–H and O–H groups in total. The molecule has 26 heavy (non-hydrogen) atoms. The fourth-order valence-electron chi connectivity index (χ4n) is 3.51. The van der Waals surface area contributed by atoms with E-state index in [9.17, 15) is 4.79 Å². The van der Waals surface area contributed by atoms with Crippen LogP contribution in [0.15, 0.2) is 65.4 Å². The summed E-state index contributed by atoms with van der Waals surface area (Å²) in [4.78, 5) is 19.1. The number of pyridine rings is 1. The average molecular weight is 347 g/mol. The molecular formula is C21H21N3O2. The van der Waals surface area contributed by atoms with Crippen LogP contribution in [0.2, 0.25) is 0 Å². The summed E-state index contributed by atoms with van der Waals surface area (Å²) in [5.74, 6) is 1.10. The molecule has 132 valence electrons. The van der Waals surface area contributed by atoms with E-state index in [1.807, 2.05) is 48.5 Å². The zero-order chi connectivity index (χ0) is 17.8. The first-order valence-electron chi connectivity index (χ1n) is 8.97. The van der Waals surface area contributed by atoms with Gasteiger partial charge in [-0.1, -0.05) is 35.5 Å². The second-order valence-corrected chi connectivity index (χ2v) is 6.72. The van der Waals surface area contributed by atoms with Crippen LogP contribution in [0.4, 0.5) is 0 Å². The Kier molecular flexibility index (Phi) is 4.88. The maximum absolute atomic E-state index is 12.7. The molecule has 0 aliphatic carbocycles. The summed E-state index contributed by atoms with van der Waals surface area (Å²) < 4.78 is 5.50. The summed E-state index contributed by atoms with van der Waals surface area (Å²) >= 11 is 0. The maximum Gasteiger partial charge on any atom is 0.167 e. The van der Waals surface area contributed by atoms with E-state index in [1.54, 1.807) is 12.4 Å². The standard InChI is InChI=1S/C21H21N3O2/c25-21(16-6-2-1-3-7-16)18-9-5-11-24(14-18)15-19-12-20(23-26-19)17-8-4-10-22-13-17/h1-4,6-8,10,12-13,18H,5,9,11,14-15H2. The van der Waals surface area contributed by atoms with Crippen molar-refractivity contribution in [3.8, 4) is 11.3 Å². The first-order valence-corrected chi connectivity index (χ1v) is 8.97. The summed E-state index contributed by atoms with van der Waals surface area (Å²) in [6, 6.07) is 15.4. The van der Waals surface area contributed by atoms with Crippen LogP contribution in [-0.2, 0) is 6.54 Å². The molecule has 3 aromatic rings. The number of nitrogens with zero attached hydrogens (tertiary/aromatic N) is 3. The van der Waals surface area contributed by atoms with E-state index in [2.05, 4.69) is 15.0 Å². The highest BCUT2D eigenvalue weighted by Gasteiger charge is 2.27. The molecule has 2 aromatic heterocycles. The lowest BCUT2D eigenvalue weighted by Crippen LogP contribution is -2.38. The second kappa shape index (κ2) is 7.62. The lowest BCUT2D eigenvalue weighted by molar-refractivity contribution is 0.0799. The third-order valence-electron chi connectivity index (χ3n) is 4.83. The summed E-state index contributed by atoms with van der Waals surface area (Å²) in [7, 11) is 0. The van der Waals surface area contributed by atoms with Crippen molar-refractivity contribution < 1.29 is 9.32 Å². The summed E-state index contributed by atoms with van der Waals surface area (Å²) in [6.07, 6.45) is 5.48. The molecule has 0 spiro atoms. The van der Waals surface area contributed by atoms with Gasteiger partial charge in [-0.15, -0.1) is 0 Å². The molecule has 0 radical (unpaired) electrons. The first-order chi connectivity index (χ1) is 12.8. The highest BCUT2D eigenvalue weighted by Crippen LogP contribution is 2.24. The SMILES string of the molecule is O=C(c1ccccc1)C1CCCN(Cc2cc(-c3cccnc3)no2)C1. The predicted octanol–water partition coefficient (Wildman–Crippen LogP) is 3.83. The second-order valence-electron chi connectivity index (χ2n) is 6.72. The number of hydrogen-bond donors (Lipinski definition) is 0. The Bertz CT molecular complexity index is 861. The van der Waals surface area contributed by atoms with Crippen LogP contribution >= 0.6 is 0 Å². The lowest BCUT2D eigenvalue weighted by atomic mass is 9.90. The number of aromatic nitrogens is 2. The molecule has 0 saturated carbocycles. The number of likely N-dealkylation sites (tertiary alicyclic amines) is 1. The first kappa shape index (κ1) is 16.7. The van der Waals surface area contributed by atoms with Crippen LogP contribution < -0.4 is 0 Å². The molecule has 1 unspecified atom stereocenters. The fourth-order valence-corrected chi connectivity index (χ4v) is 3.51. The Balaban J connectivity index is 1.41. The molecular weight excluding hydrogens is 326 g/mol. The summed E-state index contributed by atoms with van der Waals surface area (Å²) in [5.41, 5.74) is 2.54. The third kappa shape index (κ3) is 3.73. The molecule has 1 atom stereocenters. The van der Waals surface area contributed by atoms with Crippen molar-refractivity contribution in [3.63, 3.8) is 0 Å². The molecule has 5 nitrogen and oxygen atoms in total.